The molecule has 0 fully saturated rings. The summed E-state index contributed by atoms with van der Waals surface area (Å²) in [6, 6.07) is 1.35. The fourth-order valence-electron chi connectivity index (χ4n) is 1.42. The van der Waals surface area contributed by atoms with Gasteiger partial charge in [0.05, 0.1) is 10.0 Å². The third-order valence-corrected chi connectivity index (χ3v) is 2.77. The molecule has 2 aromatic rings. The lowest BCUT2D eigenvalue weighted by Gasteiger charge is -2.07. The first-order valence-corrected chi connectivity index (χ1v) is 5.85. The van der Waals surface area contributed by atoms with Crippen LogP contribution in [0.1, 0.15) is 22.5 Å². The van der Waals surface area contributed by atoms with Crippen LogP contribution in [-0.2, 0) is 0 Å². The van der Waals surface area contributed by atoms with E-state index in [1.165, 1.54) is 12.3 Å². The molecule has 0 aromatic carbocycles. The SMILES string of the molecule is O=C(O)c1cnc(-c2ncc(Cl)cc2Cl)nc1C(F)F. The normalized spacial score (nSPS) is 10.8. The number of hydrogen-bond donors (Lipinski definition) is 1. The first-order valence-electron chi connectivity index (χ1n) is 5.10. The van der Waals surface area contributed by atoms with E-state index in [2.05, 4.69) is 15.0 Å². The number of carboxylic acids is 1. The molecular formula is C11H5Cl2F2N3O2. The number of carboxylic acid groups (broad SMARTS) is 1. The predicted molar refractivity (Wildman–Crippen MR) is 67.2 cm³/mol. The van der Waals surface area contributed by atoms with E-state index in [4.69, 9.17) is 28.3 Å². The van der Waals surface area contributed by atoms with Gasteiger partial charge in [0.2, 0.25) is 0 Å². The number of carbonyl (C=O) groups is 1. The molecule has 0 bridgehead atoms. The molecule has 5 nitrogen and oxygen atoms in total. The molecule has 2 rings (SSSR count). The molecule has 0 aliphatic carbocycles. The highest BCUT2D eigenvalue weighted by atomic mass is 35.5. The Bertz CT molecular complexity index is 683. The molecule has 0 saturated carbocycles. The van der Waals surface area contributed by atoms with Crippen LogP contribution in [0.2, 0.25) is 10.0 Å². The zero-order chi connectivity index (χ0) is 14.9. The van der Waals surface area contributed by atoms with Crippen molar-refractivity contribution >= 4 is 29.2 Å². The highest BCUT2D eigenvalue weighted by Crippen LogP contribution is 2.28. The molecule has 0 atom stereocenters. The topological polar surface area (TPSA) is 76.0 Å². The average Bonchev–Trinajstić information content (AvgIpc) is 2.37. The maximum atomic E-state index is 12.8. The minimum Gasteiger partial charge on any atom is -0.478 e. The fraction of sp³-hybridized carbons (Fsp3) is 0.0909. The van der Waals surface area contributed by atoms with Crippen LogP contribution >= 0.6 is 23.2 Å². The van der Waals surface area contributed by atoms with E-state index in [0.29, 0.717) is 0 Å². The van der Waals surface area contributed by atoms with Crippen molar-refractivity contribution in [3.8, 4) is 11.5 Å². The fourth-order valence-corrected chi connectivity index (χ4v) is 1.88. The molecule has 0 spiro atoms. The molecule has 0 radical (unpaired) electrons. The molecule has 0 aliphatic heterocycles. The minimum absolute atomic E-state index is 0.0369. The van der Waals surface area contributed by atoms with Gasteiger partial charge in [0.1, 0.15) is 17.0 Å². The molecule has 2 aromatic heterocycles. The summed E-state index contributed by atoms with van der Waals surface area (Å²) in [5.41, 5.74) is -1.53. The number of halogens is 4. The van der Waals surface area contributed by atoms with E-state index < -0.39 is 23.7 Å². The number of pyridine rings is 1. The Kier molecular flexibility index (Phi) is 4.10. The molecule has 0 amide bonds. The van der Waals surface area contributed by atoms with E-state index in [-0.39, 0.29) is 21.6 Å². The predicted octanol–water partition coefficient (Wildman–Crippen LogP) is 3.48. The smallest absolute Gasteiger partial charge is 0.339 e. The van der Waals surface area contributed by atoms with Crippen LogP contribution in [0.25, 0.3) is 11.5 Å². The molecule has 0 unspecified atom stereocenters. The summed E-state index contributed by atoms with van der Waals surface area (Å²) in [6.45, 7) is 0. The van der Waals surface area contributed by atoms with Gasteiger partial charge in [0, 0.05) is 12.4 Å². The second-order valence-electron chi connectivity index (χ2n) is 3.58. The van der Waals surface area contributed by atoms with Crippen LogP contribution in [-0.4, -0.2) is 26.0 Å². The lowest BCUT2D eigenvalue weighted by Crippen LogP contribution is -2.08. The highest BCUT2D eigenvalue weighted by Gasteiger charge is 2.22. The summed E-state index contributed by atoms with van der Waals surface area (Å²) in [5, 5.41) is 9.12. The van der Waals surface area contributed by atoms with Crippen LogP contribution < -0.4 is 0 Å². The van der Waals surface area contributed by atoms with Gasteiger partial charge in [-0.25, -0.2) is 28.5 Å². The third-order valence-electron chi connectivity index (χ3n) is 2.27. The van der Waals surface area contributed by atoms with Crippen LogP contribution in [0.3, 0.4) is 0 Å². The third kappa shape index (κ3) is 2.83. The van der Waals surface area contributed by atoms with Crippen molar-refractivity contribution in [2.24, 2.45) is 0 Å². The lowest BCUT2D eigenvalue weighted by atomic mass is 10.2. The van der Waals surface area contributed by atoms with Crippen molar-refractivity contribution in [2.75, 3.05) is 0 Å². The van der Waals surface area contributed by atoms with Crippen LogP contribution in [0.5, 0.6) is 0 Å². The first-order chi connectivity index (χ1) is 9.40. The lowest BCUT2D eigenvalue weighted by molar-refractivity contribution is 0.0681. The molecule has 0 saturated heterocycles. The second kappa shape index (κ2) is 5.64. The maximum Gasteiger partial charge on any atom is 0.339 e. The Hall–Kier alpha value is -1.86. The summed E-state index contributed by atoms with van der Waals surface area (Å²) < 4.78 is 25.6. The summed E-state index contributed by atoms with van der Waals surface area (Å²) in [4.78, 5) is 21.9. The number of aromatic carboxylic acids is 1. The second-order valence-corrected chi connectivity index (χ2v) is 4.43. The summed E-state index contributed by atoms with van der Waals surface area (Å²) >= 11 is 11.5. The van der Waals surface area contributed by atoms with Crippen molar-refractivity contribution in [1.82, 2.24) is 15.0 Å². The van der Waals surface area contributed by atoms with Crippen LogP contribution in [0.4, 0.5) is 8.78 Å². The molecule has 20 heavy (non-hydrogen) atoms. The van der Waals surface area contributed by atoms with Gasteiger partial charge in [-0.05, 0) is 6.07 Å². The molecule has 2 heterocycles. The summed E-state index contributed by atoms with van der Waals surface area (Å²) in [7, 11) is 0. The molecule has 1 N–H and O–H groups in total. The molecule has 9 heteroatoms. The molecular weight excluding hydrogens is 315 g/mol. The summed E-state index contributed by atoms with van der Waals surface area (Å²) in [5.74, 6) is -1.74. The van der Waals surface area contributed by atoms with E-state index in [0.717, 1.165) is 6.20 Å². The van der Waals surface area contributed by atoms with Gasteiger partial charge >= 0.3 is 5.97 Å². The average molecular weight is 320 g/mol. The molecule has 104 valence electrons. The van der Waals surface area contributed by atoms with Crippen molar-refractivity contribution in [2.45, 2.75) is 6.43 Å². The van der Waals surface area contributed by atoms with Gasteiger partial charge in [0.25, 0.3) is 6.43 Å². The van der Waals surface area contributed by atoms with Gasteiger partial charge < -0.3 is 5.11 Å². The Morgan fingerprint density at radius 3 is 2.50 bits per heavy atom. The van der Waals surface area contributed by atoms with Gasteiger partial charge in [-0.3, -0.25) is 0 Å². The van der Waals surface area contributed by atoms with Gasteiger partial charge in [-0.2, -0.15) is 0 Å². The first kappa shape index (κ1) is 14.5. The highest BCUT2D eigenvalue weighted by molar-refractivity contribution is 6.35. The quantitative estimate of drug-likeness (QED) is 0.937. The van der Waals surface area contributed by atoms with Crippen LogP contribution in [0, 0.1) is 0 Å². The van der Waals surface area contributed by atoms with Gasteiger partial charge in [-0.1, -0.05) is 23.2 Å². The summed E-state index contributed by atoms with van der Waals surface area (Å²) in [6.07, 6.45) is -1.02. The number of aromatic nitrogens is 3. The minimum atomic E-state index is -3.06. The van der Waals surface area contributed by atoms with E-state index in [9.17, 15) is 13.6 Å². The van der Waals surface area contributed by atoms with Crippen molar-refractivity contribution in [3.05, 3.63) is 39.8 Å². The number of nitrogens with zero attached hydrogens (tertiary/aromatic N) is 3. The van der Waals surface area contributed by atoms with Crippen molar-refractivity contribution in [1.29, 1.82) is 0 Å². The van der Waals surface area contributed by atoms with E-state index >= 15 is 0 Å². The van der Waals surface area contributed by atoms with E-state index in [1.54, 1.807) is 0 Å². The van der Waals surface area contributed by atoms with Crippen LogP contribution in [0.15, 0.2) is 18.5 Å². The van der Waals surface area contributed by atoms with Gasteiger partial charge in [-0.15, -0.1) is 0 Å². The molecule has 0 aliphatic rings. The standard InChI is InChI=1S/C11H5Cl2F2N3O2/c12-4-1-6(13)8(16-2-4)10-17-3-5(11(19)20)7(18-10)9(14)15/h1-3,9H,(H,19,20). The Balaban J connectivity index is 2.59. The zero-order valence-electron chi connectivity index (χ0n) is 9.52. The monoisotopic (exact) mass is 319 g/mol. The maximum absolute atomic E-state index is 12.8. The number of rotatable bonds is 3. The number of alkyl halides is 2. The Morgan fingerprint density at radius 1 is 1.25 bits per heavy atom. The largest absolute Gasteiger partial charge is 0.478 e. The van der Waals surface area contributed by atoms with Crippen molar-refractivity contribution in [3.63, 3.8) is 0 Å². The van der Waals surface area contributed by atoms with E-state index in [1.807, 2.05) is 0 Å². The Morgan fingerprint density at radius 2 is 1.95 bits per heavy atom. The Labute approximate surface area is 121 Å². The van der Waals surface area contributed by atoms with Gasteiger partial charge in [0.15, 0.2) is 5.82 Å². The number of hydrogen-bond acceptors (Lipinski definition) is 4. The van der Waals surface area contributed by atoms with Crippen molar-refractivity contribution < 1.29 is 18.7 Å². The zero-order valence-corrected chi connectivity index (χ0v) is 11.0.